The van der Waals surface area contributed by atoms with Crippen LogP contribution in [0.1, 0.15) is 18.5 Å². The number of fused-ring (bicyclic) bond motifs is 4. The summed E-state index contributed by atoms with van der Waals surface area (Å²) in [4.78, 5) is 20.7. The van der Waals surface area contributed by atoms with Gasteiger partial charge in [-0.2, -0.15) is 0 Å². The Bertz CT molecular complexity index is 984. The number of imidazole rings is 1. The fraction of sp³-hybridized carbons (Fsp3) is 0.333. The van der Waals surface area contributed by atoms with Crippen LogP contribution in [0.3, 0.4) is 0 Å². The molecule has 3 aliphatic rings. The summed E-state index contributed by atoms with van der Waals surface area (Å²) in [5.41, 5.74) is 4.23. The maximum atomic E-state index is 11.3. The normalized spacial score (nSPS) is 22.5. The van der Waals surface area contributed by atoms with E-state index in [9.17, 15) is 4.79 Å². The zero-order valence-corrected chi connectivity index (χ0v) is 15.7. The molecule has 5 heterocycles. The summed E-state index contributed by atoms with van der Waals surface area (Å²) >= 11 is 6.08. The molecule has 0 aliphatic carbocycles. The largest absolute Gasteiger partial charge is 0.339 e. The highest BCUT2D eigenvalue weighted by Gasteiger charge is 2.38. The number of amides is 1. The first-order chi connectivity index (χ1) is 13.2. The van der Waals surface area contributed by atoms with Crippen molar-refractivity contribution in [1.29, 1.82) is 0 Å². The molecule has 2 bridgehead atoms. The Labute approximate surface area is 163 Å². The lowest BCUT2D eigenvalue weighted by molar-refractivity contribution is -0.128. The smallest absolute Gasteiger partial charge is 0.210 e. The van der Waals surface area contributed by atoms with E-state index in [0.717, 1.165) is 60.8 Å². The molecule has 27 heavy (non-hydrogen) atoms. The Morgan fingerprint density at radius 2 is 1.89 bits per heavy atom. The van der Waals surface area contributed by atoms with Crippen LogP contribution in [-0.2, 0) is 11.3 Å². The predicted molar refractivity (Wildman–Crippen MR) is 106 cm³/mol. The molecule has 1 unspecified atom stereocenters. The van der Waals surface area contributed by atoms with E-state index in [4.69, 9.17) is 16.6 Å². The Kier molecular flexibility index (Phi) is 4.14. The van der Waals surface area contributed by atoms with E-state index >= 15 is 0 Å². The highest BCUT2D eigenvalue weighted by Crippen LogP contribution is 2.32. The predicted octanol–water partition coefficient (Wildman–Crippen LogP) is 3.46. The van der Waals surface area contributed by atoms with Gasteiger partial charge in [0.1, 0.15) is 5.65 Å². The lowest BCUT2D eigenvalue weighted by atomic mass is 9.91. The van der Waals surface area contributed by atoms with Gasteiger partial charge in [-0.15, -0.1) is 0 Å². The number of halogens is 1. The van der Waals surface area contributed by atoms with Gasteiger partial charge in [-0.25, -0.2) is 4.98 Å². The minimum atomic E-state index is 0.339. The second-order valence-electron chi connectivity index (χ2n) is 7.46. The van der Waals surface area contributed by atoms with Crippen molar-refractivity contribution in [2.24, 2.45) is 0 Å². The molecule has 0 N–H and O–H groups in total. The maximum absolute atomic E-state index is 11.3. The third-order valence-corrected chi connectivity index (χ3v) is 6.17. The number of piperazine rings is 1. The quantitative estimate of drug-likeness (QED) is 0.651. The summed E-state index contributed by atoms with van der Waals surface area (Å²) in [5.74, 6) is 0. The molecule has 2 aromatic heterocycles. The minimum Gasteiger partial charge on any atom is -0.339 e. The van der Waals surface area contributed by atoms with Crippen molar-refractivity contribution in [2.45, 2.75) is 31.5 Å². The Morgan fingerprint density at radius 3 is 2.63 bits per heavy atom. The van der Waals surface area contributed by atoms with E-state index in [1.54, 1.807) is 0 Å². The number of benzene rings is 1. The van der Waals surface area contributed by atoms with Crippen LogP contribution >= 0.6 is 11.6 Å². The Hall–Kier alpha value is -2.37. The molecule has 3 aromatic rings. The van der Waals surface area contributed by atoms with Crippen molar-refractivity contribution in [3.63, 3.8) is 0 Å². The van der Waals surface area contributed by atoms with E-state index in [0.29, 0.717) is 12.1 Å². The number of nitrogens with zero attached hydrogens (tertiary/aromatic N) is 4. The molecular weight excluding hydrogens is 360 g/mol. The number of carbonyl (C=O) groups excluding carboxylic acids is 1. The zero-order valence-electron chi connectivity index (χ0n) is 15.0. The molecule has 1 aromatic carbocycles. The van der Waals surface area contributed by atoms with Crippen LogP contribution < -0.4 is 0 Å². The van der Waals surface area contributed by atoms with Gasteiger partial charge in [-0.1, -0.05) is 29.8 Å². The number of rotatable bonds is 4. The van der Waals surface area contributed by atoms with Crippen molar-refractivity contribution in [3.8, 4) is 11.3 Å². The molecule has 6 heteroatoms. The third kappa shape index (κ3) is 2.91. The van der Waals surface area contributed by atoms with Gasteiger partial charge < -0.3 is 9.30 Å². The highest BCUT2D eigenvalue weighted by atomic mass is 35.5. The summed E-state index contributed by atoms with van der Waals surface area (Å²) in [5, 5.41) is 0.728. The zero-order chi connectivity index (χ0) is 18.4. The lowest BCUT2D eigenvalue weighted by Crippen LogP contribution is -2.61. The molecule has 5 nitrogen and oxygen atoms in total. The monoisotopic (exact) mass is 380 g/mol. The minimum absolute atomic E-state index is 0.339. The molecule has 0 radical (unpaired) electrons. The van der Waals surface area contributed by atoms with Crippen LogP contribution in [0, 0.1) is 0 Å². The summed E-state index contributed by atoms with van der Waals surface area (Å²) in [6.07, 6.45) is 5.36. The molecule has 0 spiro atoms. The van der Waals surface area contributed by atoms with Gasteiger partial charge in [-0.05, 0) is 37.1 Å². The molecule has 6 rings (SSSR count). The van der Waals surface area contributed by atoms with Crippen molar-refractivity contribution in [2.75, 3.05) is 13.1 Å². The number of hydrogen-bond acceptors (Lipinski definition) is 3. The fourth-order valence-corrected chi connectivity index (χ4v) is 4.63. The van der Waals surface area contributed by atoms with Gasteiger partial charge in [0.2, 0.25) is 6.41 Å². The first-order valence-corrected chi connectivity index (χ1v) is 9.78. The number of carbonyl (C=O) groups is 1. The van der Waals surface area contributed by atoms with Gasteiger partial charge in [-0.3, -0.25) is 9.69 Å². The van der Waals surface area contributed by atoms with Crippen LogP contribution in [0.25, 0.3) is 16.9 Å². The molecule has 0 saturated carbocycles. The molecule has 3 fully saturated rings. The molecule has 3 saturated heterocycles. The average molecular weight is 381 g/mol. The van der Waals surface area contributed by atoms with Crippen molar-refractivity contribution < 1.29 is 4.79 Å². The number of piperidine rings is 2. The van der Waals surface area contributed by atoms with Gasteiger partial charge in [0.25, 0.3) is 0 Å². The molecular formula is C21H21ClN4O. The molecule has 1 amide bonds. The molecule has 138 valence electrons. The highest BCUT2D eigenvalue weighted by molar-refractivity contribution is 6.30. The van der Waals surface area contributed by atoms with Gasteiger partial charge in [0.15, 0.2) is 0 Å². The van der Waals surface area contributed by atoms with Crippen molar-refractivity contribution in [1.82, 2.24) is 19.2 Å². The SMILES string of the molecule is O=CN1CC2CC[C@H]1CN2Cc1c(-c2ccc(Cl)cc2)nc2ccccn12. The summed E-state index contributed by atoms with van der Waals surface area (Å²) in [6.45, 7) is 2.60. The van der Waals surface area contributed by atoms with E-state index in [1.807, 2.05) is 47.4 Å². The third-order valence-electron chi connectivity index (χ3n) is 5.92. The van der Waals surface area contributed by atoms with E-state index in [1.165, 1.54) is 5.69 Å². The summed E-state index contributed by atoms with van der Waals surface area (Å²) in [6, 6.07) is 14.7. The van der Waals surface area contributed by atoms with Gasteiger partial charge >= 0.3 is 0 Å². The topological polar surface area (TPSA) is 40.9 Å². The van der Waals surface area contributed by atoms with Crippen molar-refractivity contribution in [3.05, 3.63) is 59.4 Å². The van der Waals surface area contributed by atoms with Crippen LogP contribution in [-0.4, -0.2) is 50.8 Å². The first-order valence-electron chi connectivity index (χ1n) is 9.40. The standard InChI is InChI=1S/C21H21ClN4O/c22-16-6-4-15(5-7-16)21-19(26-10-2-1-3-20(26)23-21)13-24-11-18-9-8-17(24)12-25(18)14-27/h1-7,10,14,17-18H,8-9,11-13H2/t17?,18-/m0/s1. The van der Waals surface area contributed by atoms with Gasteiger partial charge in [0, 0.05) is 48.5 Å². The lowest BCUT2D eigenvalue weighted by Gasteiger charge is -2.50. The second kappa shape index (κ2) is 6.66. The van der Waals surface area contributed by atoms with Crippen molar-refractivity contribution >= 4 is 23.7 Å². The summed E-state index contributed by atoms with van der Waals surface area (Å²) < 4.78 is 2.18. The summed E-state index contributed by atoms with van der Waals surface area (Å²) in [7, 11) is 0. The molecule has 3 aliphatic heterocycles. The van der Waals surface area contributed by atoms with Gasteiger partial charge in [0.05, 0.1) is 11.4 Å². The number of aromatic nitrogens is 2. The van der Waals surface area contributed by atoms with Crippen LogP contribution in [0.2, 0.25) is 5.02 Å². The first kappa shape index (κ1) is 16.8. The maximum Gasteiger partial charge on any atom is 0.210 e. The fourth-order valence-electron chi connectivity index (χ4n) is 4.50. The Balaban J connectivity index is 1.53. The molecule has 2 atom stereocenters. The van der Waals surface area contributed by atoms with Crippen LogP contribution in [0.4, 0.5) is 0 Å². The van der Waals surface area contributed by atoms with Crippen LogP contribution in [0.5, 0.6) is 0 Å². The Morgan fingerprint density at radius 1 is 1.07 bits per heavy atom. The number of hydrogen-bond donors (Lipinski definition) is 0. The van der Waals surface area contributed by atoms with Crippen LogP contribution in [0.15, 0.2) is 48.7 Å². The number of pyridine rings is 1. The van der Waals surface area contributed by atoms with E-state index in [2.05, 4.69) is 15.5 Å². The second-order valence-corrected chi connectivity index (χ2v) is 7.90. The average Bonchev–Trinajstić information content (AvgIpc) is 3.07. The van der Waals surface area contributed by atoms with E-state index < -0.39 is 0 Å². The van der Waals surface area contributed by atoms with E-state index in [-0.39, 0.29) is 0 Å².